The maximum Gasteiger partial charge on any atom is 0.161 e. The summed E-state index contributed by atoms with van der Waals surface area (Å²) in [7, 11) is 1.68. The van der Waals surface area contributed by atoms with Gasteiger partial charge in [-0.15, -0.1) is 0 Å². The van der Waals surface area contributed by atoms with E-state index in [0.717, 1.165) is 54.7 Å². The minimum atomic E-state index is 0.242. The molecule has 0 amide bonds. The van der Waals surface area contributed by atoms with Gasteiger partial charge in [0.25, 0.3) is 0 Å². The number of halogens is 1. The Morgan fingerprint density at radius 2 is 1.85 bits per heavy atom. The van der Waals surface area contributed by atoms with Gasteiger partial charge in [-0.1, -0.05) is 36.7 Å². The van der Waals surface area contributed by atoms with Crippen LogP contribution in [0.15, 0.2) is 42.5 Å². The minimum absolute atomic E-state index is 0.242. The standard InChI is InChI=1S/C21H27ClN2O2/c1-21(14-23)9-10-24(15-21)12-17-5-8-19(20(11-17)25-2)26-13-16-3-6-18(22)7-4-16/h3-8,11H,9-10,12-15,23H2,1-2H3. The molecule has 5 heteroatoms. The molecule has 1 fully saturated rings. The van der Waals surface area contributed by atoms with Crippen molar-refractivity contribution in [3.63, 3.8) is 0 Å². The highest BCUT2D eigenvalue weighted by atomic mass is 35.5. The lowest BCUT2D eigenvalue weighted by molar-refractivity contribution is 0.271. The van der Waals surface area contributed by atoms with Crippen molar-refractivity contribution in [2.45, 2.75) is 26.5 Å². The Hall–Kier alpha value is -1.75. The molecule has 1 atom stereocenters. The van der Waals surface area contributed by atoms with Crippen LogP contribution >= 0.6 is 11.6 Å². The number of nitrogens with two attached hydrogens (primary N) is 1. The molecule has 140 valence electrons. The van der Waals surface area contributed by atoms with Gasteiger partial charge in [0, 0.05) is 18.1 Å². The number of rotatable bonds is 7. The third kappa shape index (κ3) is 4.70. The molecule has 2 aromatic rings. The van der Waals surface area contributed by atoms with Crippen LogP contribution in [-0.4, -0.2) is 31.6 Å². The van der Waals surface area contributed by atoms with E-state index in [-0.39, 0.29) is 5.41 Å². The van der Waals surface area contributed by atoms with Crippen LogP contribution in [-0.2, 0) is 13.2 Å². The van der Waals surface area contributed by atoms with Crippen molar-refractivity contribution >= 4 is 11.6 Å². The van der Waals surface area contributed by atoms with Crippen molar-refractivity contribution in [1.29, 1.82) is 0 Å². The van der Waals surface area contributed by atoms with Gasteiger partial charge in [0.1, 0.15) is 6.61 Å². The maximum atomic E-state index is 5.93. The van der Waals surface area contributed by atoms with Gasteiger partial charge in [-0.2, -0.15) is 0 Å². The highest BCUT2D eigenvalue weighted by Crippen LogP contribution is 2.32. The molecule has 1 heterocycles. The fourth-order valence-corrected chi connectivity index (χ4v) is 3.48. The average molecular weight is 375 g/mol. The second-order valence-corrected chi connectivity index (χ2v) is 7.81. The Kier molecular flexibility index (Phi) is 6.07. The first-order valence-electron chi connectivity index (χ1n) is 8.98. The van der Waals surface area contributed by atoms with Crippen molar-refractivity contribution < 1.29 is 9.47 Å². The maximum absolute atomic E-state index is 5.93. The van der Waals surface area contributed by atoms with Gasteiger partial charge in [-0.25, -0.2) is 0 Å². The van der Waals surface area contributed by atoms with Gasteiger partial charge < -0.3 is 15.2 Å². The first-order valence-corrected chi connectivity index (χ1v) is 9.36. The topological polar surface area (TPSA) is 47.7 Å². The Morgan fingerprint density at radius 3 is 2.50 bits per heavy atom. The van der Waals surface area contributed by atoms with E-state index in [1.165, 1.54) is 5.56 Å². The smallest absolute Gasteiger partial charge is 0.161 e. The van der Waals surface area contributed by atoms with Crippen molar-refractivity contribution in [3.05, 3.63) is 58.6 Å². The van der Waals surface area contributed by atoms with Crippen LogP contribution in [0.2, 0.25) is 5.02 Å². The fraction of sp³-hybridized carbons (Fsp3) is 0.429. The van der Waals surface area contributed by atoms with Crippen LogP contribution in [0.3, 0.4) is 0 Å². The van der Waals surface area contributed by atoms with E-state index in [4.69, 9.17) is 26.8 Å². The second-order valence-electron chi connectivity index (χ2n) is 7.38. The molecule has 0 bridgehead atoms. The summed E-state index contributed by atoms with van der Waals surface area (Å²) < 4.78 is 11.5. The molecule has 0 aliphatic carbocycles. The molecule has 0 saturated carbocycles. The summed E-state index contributed by atoms with van der Waals surface area (Å²) in [5, 5.41) is 0.725. The van der Waals surface area contributed by atoms with E-state index in [9.17, 15) is 0 Å². The summed E-state index contributed by atoms with van der Waals surface area (Å²) in [4.78, 5) is 2.45. The molecule has 3 rings (SSSR count). The summed E-state index contributed by atoms with van der Waals surface area (Å²) in [6, 6.07) is 13.8. The van der Waals surface area contributed by atoms with E-state index in [2.05, 4.69) is 24.0 Å². The van der Waals surface area contributed by atoms with Crippen LogP contribution in [0, 0.1) is 5.41 Å². The number of hydrogen-bond donors (Lipinski definition) is 1. The van der Waals surface area contributed by atoms with E-state index in [1.54, 1.807) is 7.11 Å². The SMILES string of the molecule is COc1cc(CN2CCC(C)(CN)C2)ccc1OCc1ccc(Cl)cc1. The van der Waals surface area contributed by atoms with Crippen LogP contribution in [0.4, 0.5) is 0 Å². The first-order chi connectivity index (χ1) is 12.5. The molecule has 26 heavy (non-hydrogen) atoms. The minimum Gasteiger partial charge on any atom is -0.493 e. The van der Waals surface area contributed by atoms with Crippen molar-refractivity contribution in [1.82, 2.24) is 4.90 Å². The van der Waals surface area contributed by atoms with E-state index in [1.807, 2.05) is 30.3 Å². The summed E-state index contributed by atoms with van der Waals surface area (Å²) >= 11 is 5.92. The van der Waals surface area contributed by atoms with Gasteiger partial charge in [0.2, 0.25) is 0 Å². The monoisotopic (exact) mass is 374 g/mol. The van der Waals surface area contributed by atoms with Gasteiger partial charge >= 0.3 is 0 Å². The molecule has 4 nitrogen and oxygen atoms in total. The third-order valence-electron chi connectivity index (χ3n) is 5.07. The van der Waals surface area contributed by atoms with Gasteiger partial charge in [0.15, 0.2) is 11.5 Å². The predicted molar refractivity (Wildman–Crippen MR) is 106 cm³/mol. The summed E-state index contributed by atoms with van der Waals surface area (Å²) in [5.74, 6) is 1.51. The zero-order valence-electron chi connectivity index (χ0n) is 15.5. The van der Waals surface area contributed by atoms with Crippen molar-refractivity contribution in [2.24, 2.45) is 11.1 Å². The Labute approximate surface area is 160 Å². The quantitative estimate of drug-likeness (QED) is 0.792. The number of benzene rings is 2. The normalized spacial score (nSPS) is 20.3. The van der Waals surface area contributed by atoms with Crippen LogP contribution in [0.1, 0.15) is 24.5 Å². The van der Waals surface area contributed by atoms with Crippen molar-refractivity contribution in [3.8, 4) is 11.5 Å². The van der Waals surface area contributed by atoms with Crippen LogP contribution < -0.4 is 15.2 Å². The lowest BCUT2D eigenvalue weighted by atomic mass is 9.90. The molecule has 1 saturated heterocycles. The van der Waals surface area contributed by atoms with Crippen molar-refractivity contribution in [2.75, 3.05) is 26.7 Å². The zero-order valence-corrected chi connectivity index (χ0v) is 16.3. The highest BCUT2D eigenvalue weighted by Gasteiger charge is 2.32. The number of methoxy groups -OCH3 is 1. The molecule has 0 spiro atoms. The molecule has 0 aromatic heterocycles. The Bertz CT molecular complexity index is 735. The molecule has 0 radical (unpaired) electrons. The molecule has 1 aliphatic heterocycles. The lowest BCUT2D eigenvalue weighted by Crippen LogP contribution is -2.31. The molecule has 1 unspecified atom stereocenters. The molecular weight excluding hydrogens is 348 g/mol. The fourth-order valence-electron chi connectivity index (χ4n) is 3.36. The number of ether oxygens (including phenoxy) is 2. The molecule has 1 aliphatic rings. The van der Waals surface area contributed by atoms with E-state index in [0.29, 0.717) is 6.61 Å². The summed E-state index contributed by atoms with van der Waals surface area (Å²) in [5.41, 5.74) is 8.44. The summed E-state index contributed by atoms with van der Waals surface area (Å²) in [6.45, 7) is 6.52. The molecule has 2 aromatic carbocycles. The predicted octanol–water partition coefficient (Wildman–Crippen LogP) is 4.10. The highest BCUT2D eigenvalue weighted by molar-refractivity contribution is 6.30. The van der Waals surface area contributed by atoms with Crippen LogP contribution in [0.5, 0.6) is 11.5 Å². The van der Waals surface area contributed by atoms with Gasteiger partial charge in [0.05, 0.1) is 7.11 Å². The molecular formula is C21H27ClN2O2. The van der Waals surface area contributed by atoms with Gasteiger partial charge in [-0.3, -0.25) is 4.90 Å². The zero-order chi connectivity index (χ0) is 18.6. The molecule has 2 N–H and O–H groups in total. The Balaban J connectivity index is 1.63. The van der Waals surface area contributed by atoms with Crippen LogP contribution in [0.25, 0.3) is 0 Å². The lowest BCUT2D eigenvalue weighted by Gasteiger charge is -2.23. The second kappa shape index (κ2) is 8.30. The average Bonchev–Trinajstić information content (AvgIpc) is 3.03. The number of nitrogens with zero attached hydrogens (tertiary/aromatic N) is 1. The summed E-state index contributed by atoms with van der Waals surface area (Å²) in [6.07, 6.45) is 1.16. The first kappa shape index (κ1) is 19.0. The largest absolute Gasteiger partial charge is 0.493 e. The number of hydrogen-bond acceptors (Lipinski definition) is 4. The van der Waals surface area contributed by atoms with Gasteiger partial charge in [-0.05, 0) is 60.3 Å². The number of likely N-dealkylation sites (tertiary alicyclic amines) is 1. The van der Waals surface area contributed by atoms with E-state index < -0.39 is 0 Å². The van der Waals surface area contributed by atoms with E-state index >= 15 is 0 Å². The Morgan fingerprint density at radius 1 is 1.12 bits per heavy atom. The third-order valence-corrected chi connectivity index (χ3v) is 5.32.